The van der Waals surface area contributed by atoms with Gasteiger partial charge in [0, 0.05) is 31.2 Å². The monoisotopic (exact) mass is 206 g/mol. The molecule has 0 unspecified atom stereocenters. The maximum Gasteiger partial charge on any atom is 0.0538 e. The van der Waals surface area contributed by atoms with Crippen LogP contribution in [0.4, 0.5) is 0 Å². The third kappa shape index (κ3) is 2.04. The molecule has 0 aromatic carbocycles. The van der Waals surface area contributed by atoms with E-state index in [4.69, 9.17) is 0 Å². The van der Waals surface area contributed by atoms with Gasteiger partial charge in [0.05, 0.1) is 5.70 Å². The number of allylic oxidation sites excluding steroid dienone is 1. The molecule has 0 aromatic heterocycles. The second-order valence-electron chi connectivity index (χ2n) is 5.25. The minimum atomic E-state index is 0.322. The second kappa shape index (κ2) is 3.92. The summed E-state index contributed by atoms with van der Waals surface area (Å²) in [6.07, 6.45) is 7.26. The van der Waals surface area contributed by atoms with E-state index in [-0.39, 0.29) is 0 Å². The van der Waals surface area contributed by atoms with Crippen LogP contribution in [0.3, 0.4) is 0 Å². The van der Waals surface area contributed by atoms with Crippen molar-refractivity contribution in [2.45, 2.75) is 33.6 Å². The summed E-state index contributed by atoms with van der Waals surface area (Å²) in [5.74, 6) is 0. The van der Waals surface area contributed by atoms with Gasteiger partial charge < -0.3 is 10.2 Å². The highest BCUT2D eigenvalue weighted by Crippen LogP contribution is 2.37. The molecule has 2 heteroatoms. The molecule has 0 radical (unpaired) electrons. The van der Waals surface area contributed by atoms with Crippen LogP contribution in [0.2, 0.25) is 0 Å². The molecule has 2 nitrogen and oxygen atoms in total. The van der Waals surface area contributed by atoms with Crippen molar-refractivity contribution < 1.29 is 0 Å². The minimum absolute atomic E-state index is 0.322. The fourth-order valence-electron chi connectivity index (χ4n) is 2.33. The molecule has 0 aromatic rings. The van der Waals surface area contributed by atoms with E-state index in [1.165, 1.54) is 30.7 Å². The second-order valence-corrected chi connectivity index (χ2v) is 5.25. The van der Waals surface area contributed by atoms with E-state index in [0.29, 0.717) is 5.41 Å². The van der Waals surface area contributed by atoms with E-state index < -0.39 is 0 Å². The van der Waals surface area contributed by atoms with Gasteiger partial charge in [0.1, 0.15) is 0 Å². The van der Waals surface area contributed by atoms with Crippen LogP contribution < -0.4 is 5.32 Å². The first-order valence-electron chi connectivity index (χ1n) is 6.04. The van der Waals surface area contributed by atoms with Crippen LogP contribution in [-0.2, 0) is 0 Å². The summed E-state index contributed by atoms with van der Waals surface area (Å²) in [6, 6.07) is 0. The molecule has 2 aliphatic rings. The van der Waals surface area contributed by atoms with E-state index in [1.54, 1.807) is 0 Å². The lowest BCUT2D eigenvalue weighted by molar-refractivity contribution is 0.391. The number of unbranched alkanes of at least 4 members (excludes halogenated alkanes) is 1. The zero-order valence-corrected chi connectivity index (χ0v) is 10.1. The lowest BCUT2D eigenvalue weighted by Crippen LogP contribution is -2.24. The van der Waals surface area contributed by atoms with E-state index in [2.05, 4.69) is 43.3 Å². The van der Waals surface area contributed by atoms with Crippen molar-refractivity contribution in [3.05, 3.63) is 23.5 Å². The molecule has 0 spiro atoms. The van der Waals surface area contributed by atoms with Gasteiger partial charge in [-0.2, -0.15) is 0 Å². The average Bonchev–Trinajstić information content (AvgIpc) is 2.52. The van der Waals surface area contributed by atoms with Crippen molar-refractivity contribution in [3.63, 3.8) is 0 Å². The van der Waals surface area contributed by atoms with Gasteiger partial charge in [-0.25, -0.2) is 0 Å². The number of nitrogens with one attached hydrogen (secondary N) is 1. The zero-order chi connectivity index (χ0) is 10.9. The number of hydrogen-bond acceptors (Lipinski definition) is 2. The van der Waals surface area contributed by atoms with Crippen LogP contribution in [0.25, 0.3) is 0 Å². The van der Waals surface area contributed by atoms with Gasteiger partial charge in [-0.05, 0) is 12.0 Å². The molecule has 0 atom stereocenters. The van der Waals surface area contributed by atoms with Gasteiger partial charge in [-0.3, -0.25) is 0 Å². The summed E-state index contributed by atoms with van der Waals surface area (Å²) in [5, 5.41) is 3.51. The fourth-order valence-corrected chi connectivity index (χ4v) is 2.33. The summed E-state index contributed by atoms with van der Waals surface area (Å²) in [6.45, 7) is 10.2. The molecule has 0 bridgehead atoms. The van der Waals surface area contributed by atoms with E-state index in [0.717, 1.165) is 13.1 Å². The summed E-state index contributed by atoms with van der Waals surface area (Å²) >= 11 is 0. The molecule has 1 saturated heterocycles. The maximum atomic E-state index is 3.51. The van der Waals surface area contributed by atoms with Gasteiger partial charge in [0.2, 0.25) is 0 Å². The van der Waals surface area contributed by atoms with Crippen molar-refractivity contribution in [2.24, 2.45) is 5.41 Å². The highest BCUT2D eigenvalue weighted by molar-refractivity contribution is 5.41. The van der Waals surface area contributed by atoms with Gasteiger partial charge in [0.25, 0.3) is 0 Å². The van der Waals surface area contributed by atoms with Gasteiger partial charge in [-0.15, -0.1) is 0 Å². The lowest BCUT2D eigenvalue weighted by atomic mass is 9.85. The standard InChI is InChI=1S/C13H22N2/c1-4-5-7-15-8-6-11-12(9-15)14-10-13(11,2)3/h6,9,14H,4-5,7-8,10H2,1-3H3. The molecule has 0 amide bonds. The topological polar surface area (TPSA) is 15.3 Å². The van der Waals surface area contributed by atoms with Crippen molar-refractivity contribution in [1.29, 1.82) is 0 Å². The Morgan fingerprint density at radius 2 is 2.27 bits per heavy atom. The molecule has 2 rings (SSSR count). The summed E-state index contributed by atoms with van der Waals surface area (Å²) < 4.78 is 0. The predicted octanol–water partition coefficient (Wildman–Crippen LogP) is 2.50. The van der Waals surface area contributed by atoms with Crippen molar-refractivity contribution in [1.82, 2.24) is 10.2 Å². The fraction of sp³-hybridized carbons (Fsp3) is 0.692. The first kappa shape index (κ1) is 10.6. The van der Waals surface area contributed by atoms with Crippen LogP contribution in [0.5, 0.6) is 0 Å². The Labute approximate surface area is 93.0 Å². The summed E-state index contributed by atoms with van der Waals surface area (Å²) in [5.41, 5.74) is 3.18. The van der Waals surface area contributed by atoms with Crippen LogP contribution in [0, 0.1) is 5.41 Å². The first-order chi connectivity index (χ1) is 7.13. The summed E-state index contributed by atoms with van der Waals surface area (Å²) in [7, 11) is 0. The van der Waals surface area contributed by atoms with Crippen LogP contribution in [-0.4, -0.2) is 24.5 Å². The Bertz CT molecular complexity index is 300. The Balaban J connectivity index is 2.05. The first-order valence-corrected chi connectivity index (χ1v) is 6.04. The maximum absolute atomic E-state index is 3.51. The third-order valence-electron chi connectivity index (χ3n) is 3.38. The van der Waals surface area contributed by atoms with Gasteiger partial charge in [-0.1, -0.05) is 33.3 Å². The molecule has 0 saturated carbocycles. The van der Waals surface area contributed by atoms with Crippen LogP contribution >= 0.6 is 0 Å². The Hall–Kier alpha value is -0.920. The van der Waals surface area contributed by atoms with E-state index in [1.807, 2.05) is 0 Å². The smallest absolute Gasteiger partial charge is 0.0538 e. The van der Waals surface area contributed by atoms with Crippen molar-refractivity contribution in [2.75, 3.05) is 19.6 Å². The minimum Gasteiger partial charge on any atom is -0.383 e. The van der Waals surface area contributed by atoms with Crippen LogP contribution in [0.1, 0.15) is 33.6 Å². The molecular weight excluding hydrogens is 184 g/mol. The highest BCUT2D eigenvalue weighted by Gasteiger charge is 2.33. The van der Waals surface area contributed by atoms with Gasteiger partial charge in [0.15, 0.2) is 0 Å². The Morgan fingerprint density at radius 3 is 3.00 bits per heavy atom. The highest BCUT2D eigenvalue weighted by atomic mass is 15.1. The normalized spacial score (nSPS) is 23.0. The van der Waals surface area contributed by atoms with Crippen LogP contribution in [0.15, 0.2) is 23.5 Å². The van der Waals surface area contributed by atoms with Gasteiger partial charge >= 0.3 is 0 Å². The Morgan fingerprint density at radius 1 is 1.47 bits per heavy atom. The molecule has 84 valence electrons. The largest absolute Gasteiger partial charge is 0.383 e. The molecule has 1 N–H and O–H groups in total. The molecule has 2 heterocycles. The molecule has 1 fully saturated rings. The number of hydrogen-bond donors (Lipinski definition) is 1. The number of fused-ring (bicyclic) bond motifs is 1. The molecule has 0 aliphatic carbocycles. The predicted molar refractivity (Wildman–Crippen MR) is 64.4 cm³/mol. The number of nitrogens with zero attached hydrogens (tertiary/aromatic N) is 1. The Kier molecular flexibility index (Phi) is 2.76. The SMILES string of the molecule is CCCCN1C=C2NCC(C)(C)C2=CC1. The van der Waals surface area contributed by atoms with E-state index >= 15 is 0 Å². The van der Waals surface area contributed by atoms with E-state index in [9.17, 15) is 0 Å². The molecule has 15 heavy (non-hydrogen) atoms. The molecule has 2 aliphatic heterocycles. The lowest BCUT2D eigenvalue weighted by Gasteiger charge is -2.26. The average molecular weight is 206 g/mol. The zero-order valence-electron chi connectivity index (χ0n) is 10.1. The summed E-state index contributed by atoms with van der Waals surface area (Å²) in [4.78, 5) is 2.41. The molecular formula is C13H22N2. The van der Waals surface area contributed by atoms with Crippen molar-refractivity contribution >= 4 is 0 Å². The third-order valence-corrected chi connectivity index (χ3v) is 3.38. The number of rotatable bonds is 3. The quantitative estimate of drug-likeness (QED) is 0.763. The van der Waals surface area contributed by atoms with Crippen molar-refractivity contribution in [3.8, 4) is 0 Å².